The third kappa shape index (κ3) is 12.1. The minimum absolute atomic E-state index is 0.106. The van der Waals surface area contributed by atoms with Crippen LogP contribution < -0.4 is 60.2 Å². The van der Waals surface area contributed by atoms with E-state index in [0.717, 1.165) is 34.5 Å². The summed E-state index contributed by atoms with van der Waals surface area (Å²) in [7, 11) is 17.5. The van der Waals surface area contributed by atoms with Crippen molar-refractivity contribution in [2.24, 2.45) is 0 Å². The number of halogens is 2. The Morgan fingerprint density at radius 1 is 0.283 bits per heavy atom. The summed E-state index contributed by atoms with van der Waals surface area (Å²) in [6, 6.07) is 50.1. The van der Waals surface area contributed by atoms with Gasteiger partial charge in [-0.1, -0.05) is 0 Å². The van der Waals surface area contributed by atoms with Crippen molar-refractivity contribution in [1.29, 1.82) is 0 Å². The van der Waals surface area contributed by atoms with Crippen molar-refractivity contribution in [3.05, 3.63) is 146 Å². The SMILES string of the molecule is COc1ccc([PH+](c2ccc(OC)cc2)c2ccc(OC)cc2)cc1.COc1ccc([PH+](c2ccc(OC)cc2)c2ccc(OC)cc2)cc1.[Cl][Pd][Cl]. The van der Waals surface area contributed by atoms with Crippen LogP contribution in [0.25, 0.3) is 0 Å². The molecular weight excluding hydrogens is 840 g/mol. The molecule has 53 heavy (non-hydrogen) atoms. The fourth-order valence-electron chi connectivity index (χ4n) is 5.55. The first-order valence-electron chi connectivity index (χ1n) is 16.3. The molecule has 0 radical (unpaired) electrons. The van der Waals surface area contributed by atoms with Gasteiger partial charge in [-0.05, 0) is 146 Å². The predicted octanol–water partition coefficient (Wildman–Crippen LogP) is 7.78. The van der Waals surface area contributed by atoms with Gasteiger partial charge in [0.25, 0.3) is 0 Å². The van der Waals surface area contributed by atoms with Gasteiger partial charge in [0.2, 0.25) is 0 Å². The first kappa shape index (κ1) is 42.0. The van der Waals surface area contributed by atoms with E-state index in [1.165, 1.54) is 31.8 Å². The second-order valence-corrected chi connectivity index (χ2v) is 18.5. The monoisotopic (exact) mass is 882 g/mol. The second-order valence-electron chi connectivity index (χ2n) is 11.2. The van der Waals surface area contributed by atoms with Gasteiger partial charge in [0.15, 0.2) is 0 Å². The Bertz CT molecular complexity index is 1550. The van der Waals surface area contributed by atoms with Crippen molar-refractivity contribution in [3.63, 3.8) is 0 Å². The van der Waals surface area contributed by atoms with E-state index >= 15 is 0 Å². The van der Waals surface area contributed by atoms with Gasteiger partial charge < -0.3 is 28.4 Å². The van der Waals surface area contributed by atoms with E-state index in [4.69, 9.17) is 47.5 Å². The zero-order valence-corrected chi connectivity index (χ0v) is 35.4. The molecule has 0 saturated heterocycles. The third-order valence-electron chi connectivity index (χ3n) is 8.27. The summed E-state index contributed by atoms with van der Waals surface area (Å²) in [6.07, 6.45) is 0. The topological polar surface area (TPSA) is 55.4 Å². The molecule has 280 valence electrons. The number of benzene rings is 6. The van der Waals surface area contributed by atoms with Crippen LogP contribution in [0.4, 0.5) is 0 Å². The van der Waals surface area contributed by atoms with Gasteiger partial charge >= 0.3 is 35.0 Å². The van der Waals surface area contributed by atoms with Crippen LogP contribution in [0.3, 0.4) is 0 Å². The summed E-state index contributed by atoms with van der Waals surface area (Å²) in [5.74, 6) is 5.22. The number of ether oxygens (including phenoxy) is 6. The van der Waals surface area contributed by atoms with Gasteiger partial charge in [-0.2, -0.15) is 0 Å². The van der Waals surface area contributed by atoms with Crippen LogP contribution in [-0.2, 0) is 15.9 Å². The maximum absolute atomic E-state index is 5.30. The molecule has 6 rings (SSSR count). The molecule has 0 saturated carbocycles. The number of hydrogen-bond acceptors (Lipinski definition) is 6. The minimum atomic E-state index is -1.12. The number of methoxy groups -OCH3 is 6. The molecule has 0 aliphatic carbocycles. The molecule has 0 aliphatic rings. The van der Waals surface area contributed by atoms with Gasteiger partial charge in [0.05, 0.1) is 58.5 Å². The first-order valence-corrected chi connectivity index (χ1v) is 23.3. The summed E-state index contributed by atoms with van der Waals surface area (Å²) >= 11 is -0.106. The molecule has 6 nitrogen and oxygen atoms in total. The molecule has 11 heteroatoms. The molecule has 6 aromatic carbocycles. The fourth-order valence-corrected chi connectivity index (χ4v) is 10.5. The van der Waals surface area contributed by atoms with Crippen LogP contribution in [-0.4, -0.2) is 42.7 Å². The second kappa shape index (κ2) is 22.4. The van der Waals surface area contributed by atoms with Gasteiger partial charge in [0.1, 0.15) is 66.3 Å². The van der Waals surface area contributed by atoms with E-state index in [1.807, 2.05) is 72.8 Å². The molecule has 0 atom stereocenters. The standard InChI is InChI=1S/2C21H21O3P.2ClH.Pd/c2*1-22-16-4-10-19(11-5-16)25(20-12-6-17(23-2)7-13-20)21-14-8-18(24-3)9-15-21;;;/h2*4-15H,1-3H3;2*1H;/q;;;;+2. The Morgan fingerprint density at radius 3 is 0.491 bits per heavy atom. The van der Waals surface area contributed by atoms with Crippen LogP contribution in [0.15, 0.2) is 146 Å². The zero-order chi connectivity index (χ0) is 38.0. The average Bonchev–Trinajstić information content (AvgIpc) is 3.23. The molecule has 0 bridgehead atoms. The quantitative estimate of drug-likeness (QED) is 0.0926. The first-order chi connectivity index (χ1) is 25.9. The fraction of sp³-hybridized carbons (Fsp3) is 0.143. The summed E-state index contributed by atoms with van der Waals surface area (Å²) < 4.78 is 31.8. The van der Waals surface area contributed by atoms with Crippen molar-refractivity contribution < 1.29 is 44.4 Å². The Labute approximate surface area is 331 Å². The van der Waals surface area contributed by atoms with Gasteiger partial charge in [-0.25, -0.2) is 0 Å². The van der Waals surface area contributed by atoms with Crippen molar-refractivity contribution in [1.82, 2.24) is 0 Å². The molecule has 0 amide bonds. The Morgan fingerprint density at radius 2 is 0.396 bits per heavy atom. The van der Waals surface area contributed by atoms with Crippen LogP contribution >= 0.6 is 34.9 Å². The van der Waals surface area contributed by atoms with E-state index < -0.39 is 15.8 Å². The molecule has 0 fully saturated rings. The Kier molecular flexibility index (Phi) is 17.8. The van der Waals surface area contributed by atoms with E-state index in [1.54, 1.807) is 42.7 Å². The van der Waals surface area contributed by atoms with Crippen molar-refractivity contribution in [2.75, 3.05) is 42.7 Å². The van der Waals surface area contributed by atoms with E-state index in [0.29, 0.717) is 0 Å². The Balaban J connectivity index is 0.000000220. The Hall–Kier alpha value is -3.78. The zero-order valence-electron chi connectivity index (χ0n) is 30.4. The van der Waals surface area contributed by atoms with Crippen molar-refractivity contribution in [2.45, 2.75) is 0 Å². The van der Waals surface area contributed by atoms with Crippen molar-refractivity contribution in [3.8, 4) is 34.5 Å². The molecule has 0 N–H and O–H groups in total. The van der Waals surface area contributed by atoms with Crippen LogP contribution in [0.1, 0.15) is 0 Å². The van der Waals surface area contributed by atoms with Gasteiger partial charge in [-0.3, -0.25) is 0 Å². The summed E-state index contributed by atoms with van der Waals surface area (Å²) in [6.45, 7) is 0. The molecule has 0 unspecified atom stereocenters. The predicted molar refractivity (Wildman–Crippen MR) is 224 cm³/mol. The van der Waals surface area contributed by atoms with Gasteiger partial charge in [-0.15, -0.1) is 0 Å². The van der Waals surface area contributed by atoms with Gasteiger partial charge in [0, 0.05) is 0 Å². The summed E-state index contributed by atoms with van der Waals surface area (Å²) in [4.78, 5) is 0. The normalized spacial score (nSPS) is 10.4. The molecular formula is C42H44Cl2O6P2Pd+2. The molecule has 6 aromatic rings. The van der Waals surface area contributed by atoms with Crippen LogP contribution in [0.5, 0.6) is 34.5 Å². The van der Waals surface area contributed by atoms with E-state index in [2.05, 4.69) is 72.8 Å². The summed E-state index contributed by atoms with van der Waals surface area (Å²) in [5, 5.41) is 7.84. The molecule has 0 spiro atoms. The molecule has 0 aliphatic heterocycles. The molecule has 0 heterocycles. The van der Waals surface area contributed by atoms with Crippen molar-refractivity contribution >= 4 is 66.7 Å². The number of hydrogen-bond donors (Lipinski definition) is 0. The maximum atomic E-state index is 5.30. The van der Waals surface area contributed by atoms with Crippen LogP contribution in [0.2, 0.25) is 0 Å². The number of rotatable bonds is 12. The molecule has 0 aromatic heterocycles. The van der Waals surface area contributed by atoms with E-state index in [-0.39, 0.29) is 15.9 Å². The summed E-state index contributed by atoms with van der Waals surface area (Å²) in [5.41, 5.74) is 0. The van der Waals surface area contributed by atoms with Crippen LogP contribution in [0, 0.1) is 0 Å². The van der Waals surface area contributed by atoms with E-state index in [9.17, 15) is 0 Å². The third-order valence-corrected chi connectivity index (χ3v) is 13.7. The average molecular weight is 884 g/mol.